The molecule has 0 N–H and O–H groups in total. The summed E-state index contributed by atoms with van der Waals surface area (Å²) in [6.45, 7) is 7.83. The molecule has 4 rings (SSSR count). The molecule has 0 saturated carbocycles. The number of ether oxygens (including phenoxy) is 2. The monoisotopic (exact) mass is 420 g/mol. The van der Waals surface area contributed by atoms with Gasteiger partial charge in [-0.25, -0.2) is 9.97 Å². The zero-order valence-corrected chi connectivity index (χ0v) is 17.0. The van der Waals surface area contributed by atoms with E-state index >= 15 is 0 Å². The molecule has 0 radical (unpaired) electrons. The van der Waals surface area contributed by atoms with Crippen molar-refractivity contribution in [1.82, 2.24) is 19.6 Å². The van der Waals surface area contributed by atoms with Crippen molar-refractivity contribution in [2.45, 2.75) is 6.54 Å². The van der Waals surface area contributed by atoms with Crippen LogP contribution in [0.1, 0.15) is 5.56 Å². The Bertz CT molecular complexity index is 1220. The molecule has 0 aliphatic rings. The maximum atomic E-state index is 7.35. The number of hydrogen-bond acceptors (Lipinski definition) is 6. The molecule has 0 bridgehead atoms. The van der Waals surface area contributed by atoms with Crippen molar-refractivity contribution in [3.63, 3.8) is 0 Å². The number of hydrogen-bond donors (Lipinski definition) is 0. The first-order valence-corrected chi connectivity index (χ1v) is 9.33. The van der Waals surface area contributed by atoms with Crippen LogP contribution in [0.15, 0.2) is 54.9 Å². The van der Waals surface area contributed by atoms with E-state index in [1.807, 2.05) is 41.3 Å². The Kier molecular flexibility index (Phi) is 5.37. The minimum Gasteiger partial charge on any atom is -0.497 e. The Morgan fingerprint density at radius 3 is 2.40 bits per heavy atom. The van der Waals surface area contributed by atoms with Gasteiger partial charge in [0.05, 0.1) is 26.6 Å². The van der Waals surface area contributed by atoms with E-state index in [4.69, 9.17) is 27.6 Å². The number of fused-ring (bicyclic) bond motifs is 1. The molecule has 0 aliphatic carbocycles. The minimum atomic E-state index is 0.244. The van der Waals surface area contributed by atoms with E-state index in [0.717, 1.165) is 11.3 Å². The summed E-state index contributed by atoms with van der Waals surface area (Å²) in [4.78, 5) is 14.4. The fraction of sp³-hybridized carbons (Fsp3) is 0.143. The van der Waals surface area contributed by atoms with E-state index < -0.39 is 0 Å². The molecule has 3 heterocycles. The van der Waals surface area contributed by atoms with E-state index in [1.165, 1.54) is 10.7 Å². The number of nitrogens with zero attached hydrogens (tertiary/aromatic N) is 6. The zero-order chi connectivity index (χ0) is 21.1. The number of aromatic nitrogens is 4. The standard InChI is InChI=1S/C21H17ClN6O2/c1-23-20-12-25-21-17(10-18(22)26-28(20)21)27(19-9-8-16(30-3)11-24-19)13-14-4-6-15(29-2)7-5-14/h4-12H,13H2,2-3H3. The number of halogens is 1. The summed E-state index contributed by atoms with van der Waals surface area (Å²) in [5.74, 6) is 2.37. The predicted molar refractivity (Wildman–Crippen MR) is 114 cm³/mol. The summed E-state index contributed by atoms with van der Waals surface area (Å²) in [5, 5.41) is 4.47. The topological polar surface area (TPSA) is 69.1 Å². The highest BCUT2D eigenvalue weighted by Crippen LogP contribution is 2.33. The smallest absolute Gasteiger partial charge is 0.275 e. The summed E-state index contributed by atoms with van der Waals surface area (Å²) in [5.41, 5.74) is 2.21. The summed E-state index contributed by atoms with van der Waals surface area (Å²) in [7, 11) is 3.22. The fourth-order valence-corrected chi connectivity index (χ4v) is 3.22. The van der Waals surface area contributed by atoms with Crippen molar-refractivity contribution in [3.05, 3.63) is 77.0 Å². The van der Waals surface area contributed by atoms with Crippen LogP contribution in [0, 0.1) is 6.57 Å². The van der Waals surface area contributed by atoms with E-state index in [1.54, 1.807) is 26.5 Å². The Labute approximate surface area is 178 Å². The van der Waals surface area contributed by atoms with Gasteiger partial charge in [-0.05, 0) is 29.8 Å². The van der Waals surface area contributed by atoms with Gasteiger partial charge in [-0.15, -0.1) is 4.52 Å². The number of imidazole rings is 1. The summed E-state index contributed by atoms with van der Waals surface area (Å²) in [6, 6.07) is 13.2. The molecule has 8 nitrogen and oxygen atoms in total. The lowest BCUT2D eigenvalue weighted by Gasteiger charge is -2.24. The van der Waals surface area contributed by atoms with Gasteiger partial charge < -0.3 is 19.2 Å². The third kappa shape index (κ3) is 3.71. The van der Waals surface area contributed by atoms with Gasteiger partial charge in [0.1, 0.15) is 23.0 Å². The molecule has 9 heteroatoms. The molecule has 150 valence electrons. The molecule has 0 unspecified atom stereocenters. The number of methoxy groups -OCH3 is 2. The van der Waals surface area contributed by atoms with Crippen LogP contribution in [0.5, 0.6) is 11.5 Å². The number of benzene rings is 1. The number of pyridine rings is 1. The van der Waals surface area contributed by atoms with Gasteiger partial charge in [0, 0.05) is 12.6 Å². The summed E-state index contributed by atoms with van der Waals surface area (Å²) >= 11 is 6.29. The van der Waals surface area contributed by atoms with Crippen molar-refractivity contribution in [2.24, 2.45) is 0 Å². The van der Waals surface area contributed by atoms with Gasteiger partial charge in [-0.2, -0.15) is 0 Å². The highest BCUT2D eigenvalue weighted by Gasteiger charge is 2.21. The van der Waals surface area contributed by atoms with Crippen molar-refractivity contribution in [2.75, 3.05) is 19.1 Å². The highest BCUT2D eigenvalue weighted by molar-refractivity contribution is 6.29. The second kappa shape index (κ2) is 8.27. The van der Waals surface area contributed by atoms with Gasteiger partial charge in [0.25, 0.3) is 11.5 Å². The van der Waals surface area contributed by atoms with Gasteiger partial charge in [-0.1, -0.05) is 35.4 Å². The van der Waals surface area contributed by atoms with E-state index in [2.05, 4.69) is 19.9 Å². The van der Waals surface area contributed by atoms with Gasteiger partial charge >= 0.3 is 0 Å². The van der Waals surface area contributed by atoms with Crippen LogP contribution >= 0.6 is 11.6 Å². The maximum absolute atomic E-state index is 7.35. The lowest BCUT2D eigenvalue weighted by molar-refractivity contribution is 0.413. The first-order valence-electron chi connectivity index (χ1n) is 8.95. The van der Waals surface area contributed by atoms with Gasteiger partial charge in [0.15, 0.2) is 5.15 Å². The molecule has 0 spiro atoms. The number of rotatable bonds is 6. The lowest BCUT2D eigenvalue weighted by Crippen LogP contribution is -2.19. The molecule has 30 heavy (non-hydrogen) atoms. The van der Waals surface area contributed by atoms with Crippen molar-refractivity contribution in [1.29, 1.82) is 0 Å². The second-order valence-electron chi connectivity index (χ2n) is 6.31. The fourth-order valence-electron chi connectivity index (χ4n) is 3.04. The van der Waals surface area contributed by atoms with Crippen LogP contribution in [0.25, 0.3) is 10.5 Å². The van der Waals surface area contributed by atoms with Crippen LogP contribution in [0.4, 0.5) is 17.3 Å². The van der Waals surface area contributed by atoms with Crippen LogP contribution < -0.4 is 14.4 Å². The van der Waals surface area contributed by atoms with E-state index in [9.17, 15) is 0 Å². The van der Waals surface area contributed by atoms with Crippen LogP contribution in [0.2, 0.25) is 5.15 Å². The van der Waals surface area contributed by atoms with Crippen molar-refractivity contribution >= 4 is 34.6 Å². The zero-order valence-electron chi connectivity index (χ0n) is 16.3. The Morgan fingerprint density at radius 1 is 1.03 bits per heavy atom. The minimum absolute atomic E-state index is 0.244. The molecule has 3 aromatic heterocycles. The number of anilines is 2. The largest absolute Gasteiger partial charge is 0.497 e. The predicted octanol–water partition coefficient (Wildman–Crippen LogP) is 4.68. The molecular weight excluding hydrogens is 404 g/mol. The SMILES string of the molecule is [C-]#[N+]c1cnc2c(N(Cc3ccc(OC)cc3)c3ccc(OC)cn3)cc(Cl)nn12. The lowest BCUT2D eigenvalue weighted by atomic mass is 10.2. The Balaban J connectivity index is 1.85. The molecular formula is C21H17ClN6O2. The first-order chi connectivity index (χ1) is 14.6. The summed E-state index contributed by atoms with van der Waals surface area (Å²) < 4.78 is 11.9. The molecule has 0 amide bonds. The summed E-state index contributed by atoms with van der Waals surface area (Å²) in [6.07, 6.45) is 3.12. The average molecular weight is 421 g/mol. The van der Waals surface area contributed by atoms with Crippen molar-refractivity contribution < 1.29 is 9.47 Å². The average Bonchev–Trinajstić information content (AvgIpc) is 3.20. The van der Waals surface area contributed by atoms with E-state index in [0.29, 0.717) is 29.4 Å². The quantitative estimate of drug-likeness (QED) is 0.422. The van der Waals surface area contributed by atoms with Crippen molar-refractivity contribution in [3.8, 4) is 11.5 Å². The molecule has 0 aliphatic heterocycles. The van der Waals surface area contributed by atoms with Crippen LogP contribution in [-0.2, 0) is 6.54 Å². The molecule has 1 aromatic carbocycles. The normalized spacial score (nSPS) is 10.6. The molecule has 0 fully saturated rings. The molecule has 0 atom stereocenters. The molecule has 0 saturated heterocycles. The first kappa shape index (κ1) is 19.5. The van der Waals surface area contributed by atoms with Gasteiger partial charge in [0.2, 0.25) is 0 Å². The third-order valence-corrected chi connectivity index (χ3v) is 4.72. The second-order valence-corrected chi connectivity index (χ2v) is 6.69. The molecule has 4 aromatic rings. The maximum Gasteiger partial charge on any atom is 0.275 e. The third-order valence-electron chi connectivity index (χ3n) is 4.54. The highest BCUT2D eigenvalue weighted by atomic mass is 35.5. The van der Waals surface area contributed by atoms with E-state index in [-0.39, 0.29) is 11.0 Å². The van der Waals surface area contributed by atoms with Crippen LogP contribution in [0.3, 0.4) is 0 Å². The Morgan fingerprint density at radius 2 is 1.77 bits per heavy atom. The van der Waals surface area contributed by atoms with Crippen LogP contribution in [-0.4, -0.2) is 33.8 Å². The van der Waals surface area contributed by atoms with Gasteiger partial charge in [-0.3, -0.25) is 0 Å². The Hall–Kier alpha value is -3.83.